The summed E-state index contributed by atoms with van der Waals surface area (Å²) in [6.07, 6.45) is 4.39. The van der Waals surface area contributed by atoms with E-state index < -0.39 is 0 Å². The average Bonchev–Trinajstić information content (AvgIpc) is 2.08. The van der Waals surface area contributed by atoms with Crippen LogP contribution in [0.15, 0.2) is 0 Å². The zero-order chi connectivity index (χ0) is 11.0. The summed E-state index contributed by atoms with van der Waals surface area (Å²) in [4.78, 5) is 0. The van der Waals surface area contributed by atoms with Crippen LogP contribution in [0, 0.1) is 5.41 Å². The molecule has 2 N–H and O–H groups in total. The van der Waals surface area contributed by atoms with Gasteiger partial charge in [-0.05, 0) is 31.1 Å². The van der Waals surface area contributed by atoms with E-state index in [0.717, 1.165) is 38.9 Å². The second-order valence-corrected chi connectivity index (χ2v) is 5.23. The average molecular weight is 201 g/mol. The molecule has 0 aromatic rings. The first-order valence-electron chi connectivity index (χ1n) is 5.79. The van der Waals surface area contributed by atoms with E-state index in [0.29, 0.717) is 11.5 Å². The van der Waals surface area contributed by atoms with Crippen LogP contribution in [0.25, 0.3) is 0 Å². The largest absolute Gasteiger partial charge is 0.381 e. The van der Waals surface area contributed by atoms with Crippen LogP contribution in [0.5, 0.6) is 0 Å². The summed E-state index contributed by atoms with van der Waals surface area (Å²) in [6.45, 7) is 10.6. The van der Waals surface area contributed by atoms with Gasteiger partial charge in [0.15, 0.2) is 0 Å². The topological polar surface area (TPSA) is 35.2 Å². The molecule has 0 aliphatic heterocycles. The molecule has 0 aromatic carbocycles. The van der Waals surface area contributed by atoms with Crippen molar-refractivity contribution < 1.29 is 4.74 Å². The van der Waals surface area contributed by atoms with Gasteiger partial charge in [0, 0.05) is 19.3 Å². The first-order valence-corrected chi connectivity index (χ1v) is 5.79. The Bertz CT molecular complexity index is 129. The zero-order valence-electron chi connectivity index (χ0n) is 10.3. The monoisotopic (exact) mass is 201 g/mol. The predicted octanol–water partition coefficient (Wildman–Crippen LogP) is 2.96. The van der Waals surface area contributed by atoms with Crippen molar-refractivity contribution in [2.45, 2.75) is 59.4 Å². The molecular weight excluding hydrogens is 174 g/mol. The maximum Gasteiger partial charge on any atom is 0.0471 e. The van der Waals surface area contributed by atoms with E-state index in [1.807, 2.05) is 0 Å². The molecule has 1 unspecified atom stereocenters. The maximum atomic E-state index is 5.80. The molecule has 0 aliphatic carbocycles. The first-order chi connectivity index (χ1) is 6.45. The van der Waals surface area contributed by atoms with Crippen molar-refractivity contribution in [3.05, 3.63) is 0 Å². The summed E-state index contributed by atoms with van der Waals surface area (Å²) >= 11 is 0. The van der Waals surface area contributed by atoms with Crippen LogP contribution in [0.1, 0.15) is 53.4 Å². The quantitative estimate of drug-likeness (QED) is 0.643. The van der Waals surface area contributed by atoms with Crippen LogP contribution in [0.4, 0.5) is 0 Å². The Morgan fingerprint density at radius 1 is 1.21 bits per heavy atom. The lowest BCUT2D eigenvalue weighted by Gasteiger charge is -2.17. The Balaban J connectivity index is 3.14. The third kappa shape index (κ3) is 10.0. The van der Waals surface area contributed by atoms with Gasteiger partial charge < -0.3 is 10.5 Å². The van der Waals surface area contributed by atoms with E-state index >= 15 is 0 Å². The minimum atomic E-state index is 0.362. The Labute approximate surface area is 89.2 Å². The summed E-state index contributed by atoms with van der Waals surface area (Å²) in [5, 5.41) is 0. The third-order valence-electron chi connectivity index (χ3n) is 2.38. The van der Waals surface area contributed by atoms with Crippen molar-refractivity contribution in [3.63, 3.8) is 0 Å². The van der Waals surface area contributed by atoms with Gasteiger partial charge in [-0.25, -0.2) is 0 Å². The molecule has 86 valence electrons. The van der Waals surface area contributed by atoms with Gasteiger partial charge in [-0.3, -0.25) is 0 Å². The number of hydrogen-bond acceptors (Lipinski definition) is 2. The minimum Gasteiger partial charge on any atom is -0.381 e. The van der Waals surface area contributed by atoms with Crippen molar-refractivity contribution in [2.24, 2.45) is 11.1 Å². The fourth-order valence-corrected chi connectivity index (χ4v) is 1.13. The highest BCUT2D eigenvalue weighted by Crippen LogP contribution is 2.17. The second-order valence-electron chi connectivity index (χ2n) is 5.23. The van der Waals surface area contributed by atoms with E-state index in [1.165, 1.54) is 0 Å². The fraction of sp³-hybridized carbons (Fsp3) is 1.00. The van der Waals surface area contributed by atoms with Crippen LogP contribution in [-0.2, 0) is 4.74 Å². The van der Waals surface area contributed by atoms with Gasteiger partial charge in [0.05, 0.1) is 0 Å². The van der Waals surface area contributed by atoms with Crippen LogP contribution >= 0.6 is 0 Å². The standard InChI is InChI=1S/C12H27NO/c1-5-11(13)7-6-9-14-10-8-12(2,3)4/h11H,5-10,13H2,1-4H3. The van der Waals surface area contributed by atoms with Gasteiger partial charge in [-0.2, -0.15) is 0 Å². The van der Waals surface area contributed by atoms with Crippen LogP contribution in [0.2, 0.25) is 0 Å². The van der Waals surface area contributed by atoms with Crippen LogP contribution < -0.4 is 5.73 Å². The van der Waals surface area contributed by atoms with Crippen molar-refractivity contribution >= 4 is 0 Å². The van der Waals surface area contributed by atoms with Crippen molar-refractivity contribution in [1.29, 1.82) is 0 Å². The van der Waals surface area contributed by atoms with E-state index in [1.54, 1.807) is 0 Å². The molecule has 0 rings (SSSR count). The van der Waals surface area contributed by atoms with Crippen molar-refractivity contribution in [3.8, 4) is 0 Å². The lowest BCUT2D eigenvalue weighted by atomic mass is 9.93. The van der Waals surface area contributed by atoms with Gasteiger partial charge in [-0.1, -0.05) is 27.7 Å². The van der Waals surface area contributed by atoms with E-state index in [-0.39, 0.29) is 0 Å². The fourth-order valence-electron chi connectivity index (χ4n) is 1.13. The predicted molar refractivity (Wildman–Crippen MR) is 62.4 cm³/mol. The Morgan fingerprint density at radius 3 is 2.36 bits per heavy atom. The SMILES string of the molecule is CCC(N)CCCOCCC(C)(C)C. The van der Waals surface area contributed by atoms with Gasteiger partial charge in [-0.15, -0.1) is 0 Å². The maximum absolute atomic E-state index is 5.80. The van der Waals surface area contributed by atoms with Crippen LogP contribution in [0.3, 0.4) is 0 Å². The Hall–Kier alpha value is -0.0800. The lowest BCUT2D eigenvalue weighted by molar-refractivity contribution is 0.104. The third-order valence-corrected chi connectivity index (χ3v) is 2.38. The molecule has 14 heavy (non-hydrogen) atoms. The van der Waals surface area contributed by atoms with Crippen molar-refractivity contribution in [2.75, 3.05) is 13.2 Å². The molecule has 2 heteroatoms. The molecule has 2 nitrogen and oxygen atoms in total. The Morgan fingerprint density at radius 2 is 1.86 bits per heavy atom. The molecular formula is C12H27NO. The molecule has 0 aromatic heterocycles. The molecule has 0 amide bonds. The van der Waals surface area contributed by atoms with E-state index in [2.05, 4.69) is 27.7 Å². The molecule has 0 saturated carbocycles. The van der Waals surface area contributed by atoms with Gasteiger partial charge in [0.1, 0.15) is 0 Å². The smallest absolute Gasteiger partial charge is 0.0471 e. The number of nitrogens with two attached hydrogens (primary N) is 1. The second kappa shape index (κ2) is 7.24. The lowest BCUT2D eigenvalue weighted by Crippen LogP contribution is -2.19. The van der Waals surface area contributed by atoms with Gasteiger partial charge in [0.2, 0.25) is 0 Å². The van der Waals surface area contributed by atoms with Crippen LogP contribution in [-0.4, -0.2) is 19.3 Å². The Kier molecular flexibility index (Phi) is 7.20. The highest BCUT2D eigenvalue weighted by atomic mass is 16.5. The zero-order valence-corrected chi connectivity index (χ0v) is 10.3. The van der Waals surface area contributed by atoms with Gasteiger partial charge >= 0.3 is 0 Å². The molecule has 0 bridgehead atoms. The summed E-state index contributed by atoms with van der Waals surface area (Å²) < 4.78 is 5.55. The molecule has 0 heterocycles. The molecule has 0 fully saturated rings. The van der Waals surface area contributed by atoms with E-state index in [4.69, 9.17) is 10.5 Å². The van der Waals surface area contributed by atoms with Crippen molar-refractivity contribution in [1.82, 2.24) is 0 Å². The number of ether oxygens (including phenoxy) is 1. The first kappa shape index (κ1) is 13.9. The van der Waals surface area contributed by atoms with E-state index in [9.17, 15) is 0 Å². The molecule has 0 saturated heterocycles. The highest BCUT2D eigenvalue weighted by molar-refractivity contribution is 4.60. The summed E-state index contributed by atoms with van der Waals surface area (Å²) in [7, 11) is 0. The number of hydrogen-bond donors (Lipinski definition) is 1. The molecule has 0 radical (unpaired) electrons. The molecule has 1 atom stereocenters. The minimum absolute atomic E-state index is 0.362. The van der Waals surface area contributed by atoms with Gasteiger partial charge in [0.25, 0.3) is 0 Å². The summed E-state index contributed by atoms with van der Waals surface area (Å²) in [5.41, 5.74) is 6.19. The summed E-state index contributed by atoms with van der Waals surface area (Å²) in [6, 6.07) is 0.362. The highest BCUT2D eigenvalue weighted by Gasteiger charge is 2.09. The molecule has 0 aliphatic rings. The normalized spacial score (nSPS) is 14.4. The number of rotatable bonds is 7. The molecule has 0 spiro atoms. The summed E-state index contributed by atoms with van der Waals surface area (Å²) in [5.74, 6) is 0.